The molecule has 1 aliphatic carbocycles. The molecule has 0 aromatic rings. The van der Waals surface area contributed by atoms with Crippen LogP contribution >= 0.6 is 0 Å². The van der Waals surface area contributed by atoms with E-state index >= 15 is 0 Å². The first-order valence-electron chi connectivity index (χ1n) is 5.95. The molecule has 0 spiro atoms. The molecule has 1 rings (SSSR count). The number of hydrogen-bond acceptors (Lipinski definition) is 3. The minimum Gasteiger partial charge on any atom is -0.395 e. The maximum Gasteiger partial charge on any atom is 0.226 e. The first-order valence-corrected chi connectivity index (χ1v) is 5.95. The van der Waals surface area contributed by atoms with Crippen molar-refractivity contribution < 1.29 is 9.90 Å². The van der Waals surface area contributed by atoms with E-state index in [1.807, 2.05) is 0 Å². The minimum atomic E-state index is 0.00577. The van der Waals surface area contributed by atoms with Gasteiger partial charge in [-0.1, -0.05) is 6.08 Å². The molecule has 0 aromatic carbocycles. The van der Waals surface area contributed by atoms with E-state index < -0.39 is 0 Å². The quantitative estimate of drug-likeness (QED) is 0.671. The van der Waals surface area contributed by atoms with Crippen molar-refractivity contribution in [3.05, 3.63) is 12.7 Å². The van der Waals surface area contributed by atoms with E-state index in [0.29, 0.717) is 13.1 Å². The maximum atomic E-state index is 12.1. The number of nitrogens with zero attached hydrogens (tertiary/aromatic N) is 1. The van der Waals surface area contributed by atoms with Gasteiger partial charge in [-0.25, -0.2) is 0 Å². The molecule has 0 bridgehead atoms. The third-order valence-corrected chi connectivity index (χ3v) is 3.15. The average molecular weight is 226 g/mol. The average Bonchev–Trinajstić information content (AvgIpc) is 2.29. The van der Waals surface area contributed by atoms with Crippen LogP contribution in [0.1, 0.15) is 25.7 Å². The van der Waals surface area contributed by atoms with Crippen LogP contribution in [0.2, 0.25) is 0 Å². The molecule has 92 valence electrons. The molecule has 1 amide bonds. The molecule has 0 heterocycles. The fourth-order valence-corrected chi connectivity index (χ4v) is 2.19. The molecule has 1 aliphatic rings. The Hall–Kier alpha value is -0.870. The summed E-state index contributed by atoms with van der Waals surface area (Å²) >= 11 is 0. The van der Waals surface area contributed by atoms with Crippen LogP contribution in [0.5, 0.6) is 0 Å². The predicted molar refractivity (Wildman–Crippen MR) is 63.8 cm³/mol. The maximum absolute atomic E-state index is 12.1. The lowest BCUT2D eigenvalue weighted by Gasteiger charge is -2.30. The Bertz CT molecular complexity index is 235. The lowest BCUT2D eigenvalue weighted by molar-refractivity contribution is -0.136. The molecular weight excluding hydrogens is 204 g/mol. The summed E-state index contributed by atoms with van der Waals surface area (Å²) in [4.78, 5) is 13.8. The van der Waals surface area contributed by atoms with Crippen molar-refractivity contribution in [2.24, 2.45) is 11.7 Å². The Morgan fingerprint density at radius 3 is 2.56 bits per heavy atom. The number of hydrogen-bond donors (Lipinski definition) is 2. The Morgan fingerprint density at radius 2 is 2.06 bits per heavy atom. The standard InChI is InChI=1S/C12H22N2O2/c1-2-7-14(8-9-15)12(16)10-3-5-11(13)6-4-10/h2,10-11,15H,1,3-9,13H2. The highest BCUT2D eigenvalue weighted by molar-refractivity contribution is 5.79. The normalized spacial score (nSPS) is 25.1. The molecule has 0 unspecified atom stereocenters. The second-order valence-corrected chi connectivity index (χ2v) is 4.41. The first-order chi connectivity index (χ1) is 7.69. The van der Waals surface area contributed by atoms with Crippen LogP contribution in [0, 0.1) is 5.92 Å². The number of amides is 1. The van der Waals surface area contributed by atoms with E-state index in [9.17, 15) is 4.79 Å². The van der Waals surface area contributed by atoms with Gasteiger partial charge in [-0.15, -0.1) is 6.58 Å². The summed E-state index contributed by atoms with van der Waals surface area (Å²) in [5, 5.41) is 8.90. The monoisotopic (exact) mass is 226 g/mol. The summed E-state index contributed by atoms with van der Waals surface area (Å²) in [6.07, 6.45) is 5.30. The molecule has 1 fully saturated rings. The van der Waals surface area contributed by atoms with Crippen molar-refractivity contribution in [3.63, 3.8) is 0 Å². The lowest BCUT2D eigenvalue weighted by Crippen LogP contribution is -2.40. The van der Waals surface area contributed by atoms with Gasteiger partial charge < -0.3 is 15.7 Å². The smallest absolute Gasteiger partial charge is 0.226 e. The number of aliphatic hydroxyl groups excluding tert-OH is 1. The second kappa shape index (κ2) is 6.66. The van der Waals surface area contributed by atoms with E-state index in [4.69, 9.17) is 10.8 Å². The third-order valence-electron chi connectivity index (χ3n) is 3.15. The van der Waals surface area contributed by atoms with E-state index in [2.05, 4.69) is 6.58 Å². The van der Waals surface area contributed by atoms with Crippen LogP contribution in [0.3, 0.4) is 0 Å². The van der Waals surface area contributed by atoms with E-state index in [1.54, 1.807) is 11.0 Å². The summed E-state index contributed by atoms with van der Waals surface area (Å²) in [7, 11) is 0. The molecule has 4 heteroatoms. The van der Waals surface area contributed by atoms with Crippen molar-refractivity contribution in [3.8, 4) is 0 Å². The van der Waals surface area contributed by atoms with E-state index in [1.165, 1.54) is 0 Å². The zero-order valence-corrected chi connectivity index (χ0v) is 9.77. The van der Waals surface area contributed by atoms with Gasteiger partial charge >= 0.3 is 0 Å². The van der Waals surface area contributed by atoms with Gasteiger partial charge in [-0.2, -0.15) is 0 Å². The zero-order valence-electron chi connectivity index (χ0n) is 9.77. The van der Waals surface area contributed by atoms with Crippen molar-refractivity contribution in [1.29, 1.82) is 0 Å². The summed E-state index contributed by atoms with van der Waals surface area (Å²) in [6, 6.07) is 0.259. The van der Waals surface area contributed by atoms with Gasteiger partial charge in [0.15, 0.2) is 0 Å². The van der Waals surface area contributed by atoms with Crippen molar-refractivity contribution in [2.45, 2.75) is 31.7 Å². The molecular formula is C12H22N2O2. The molecule has 3 N–H and O–H groups in total. The van der Waals surface area contributed by atoms with Gasteiger partial charge in [-0.05, 0) is 25.7 Å². The molecule has 4 nitrogen and oxygen atoms in total. The van der Waals surface area contributed by atoms with E-state index in [-0.39, 0.29) is 24.5 Å². The summed E-state index contributed by atoms with van der Waals surface area (Å²) in [5.74, 6) is 0.229. The van der Waals surface area contributed by atoms with Gasteiger partial charge in [0, 0.05) is 25.0 Å². The fourth-order valence-electron chi connectivity index (χ4n) is 2.19. The van der Waals surface area contributed by atoms with Crippen molar-refractivity contribution in [2.75, 3.05) is 19.7 Å². The minimum absolute atomic E-state index is 0.00577. The Kier molecular flexibility index (Phi) is 5.49. The number of rotatable bonds is 5. The van der Waals surface area contributed by atoms with Crippen LogP contribution in [0.25, 0.3) is 0 Å². The summed E-state index contributed by atoms with van der Waals surface area (Å²) in [5.41, 5.74) is 5.81. The molecule has 0 saturated heterocycles. The van der Waals surface area contributed by atoms with Crippen LogP contribution in [0.15, 0.2) is 12.7 Å². The zero-order chi connectivity index (χ0) is 12.0. The number of carbonyl (C=O) groups is 1. The Labute approximate surface area is 97.1 Å². The molecule has 0 aromatic heterocycles. The first kappa shape index (κ1) is 13.2. The van der Waals surface area contributed by atoms with Gasteiger partial charge in [0.2, 0.25) is 5.91 Å². The molecule has 0 aliphatic heterocycles. The van der Waals surface area contributed by atoms with Crippen LogP contribution in [-0.4, -0.2) is 41.7 Å². The predicted octanol–water partition coefficient (Wildman–Crippen LogP) is 0.511. The Morgan fingerprint density at radius 1 is 1.44 bits per heavy atom. The van der Waals surface area contributed by atoms with E-state index in [0.717, 1.165) is 25.7 Å². The summed E-state index contributed by atoms with van der Waals surface area (Å²) in [6.45, 7) is 4.54. The summed E-state index contributed by atoms with van der Waals surface area (Å²) < 4.78 is 0. The highest BCUT2D eigenvalue weighted by Crippen LogP contribution is 2.24. The molecule has 0 radical (unpaired) electrons. The SMILES string of the molecule is C=CCN(CCO)C(=O)C1CCC(N)CC1. The van der Waals surface area contributed by atoms with Gasteiger partial charge in [0.25, 0.3) is 0 Å². The van der Waals surface area contributed by atoms with Gasteiger partial charge in [0.05, 0.1) is 6.61 Å². The largest absolute Gasteiger partial charge is 0.395 e. The van der Waals surface area contributed by atoms with Crippen molar-refractivity contribution in [1.82, 2.24) is 4.90 Å². The Balaban J connectivity index is 2.49. The topological polar surface area (TPSA) is 66.6 Å². The highest BCUT2D eigenvalue weighted by atomic mass is 16.3. The van der Waals surface area contributed by atoms with Crippen LogP contribution < -0.4 is 5.73 Å². The molecule has 0 atom stereocenters. The number of carbonyl (C=O) groups excluding carboxylic acids is 1. The molecule has 16 heavy (non-hydrogen) atoms. The fraction of sp³-hybridized carbons (Fsp3) is 0.750. The van der Waals surface area contributed by atoms with Crippen LogP contribution in [-0.2, 0) is 4.79 Å². The van der Waals surface area contributed by atoms with Gasteiger partial charge in [0.1, 0.15) is 0 Å². The second-order valence-electron chi connectivity index (χ2n) is 4.41. The lowest BCUT2D eigenvalue weighted by atomic mass is 9.85. The van der Waals surface area contributed by atoms with Gasteiger partial charge in [-0.3, -0.25) is 4.79 Å². The van der Waals surface area contributed by atoms with Crippen LogP contribution in [0.4, 0.5) is 0 Å². The molecule has 1 saturated carbocycles. The number of nitrogens with two attached hydrogens (primary N) is 1. The highest BCUT2D eigenvalue weighted by Gasteiger charge is 2.27. The van der Waals surface area contributed by atoms with Crippen molar-refractivity contribution >= 4 is 5.91 Å². The third kappa shape index (κ3) is 3.61. The number of aliphatic hydroxyl groups is 1.